The van der Waals surface area contributed by atoms with E-state index in [9.17, 15) is 9.59 Å². The maximum atomic E-state index is 13.3. The maximum absolute atomic E-state index is 13.3. The standard InChI is InChI=1S/C24H21NO3S/c1-28-24(27)21-18-13-8-14-20(18)29-23(21)25-22(26)19(17-11-6-3-7-12-17)15-16-9-4-2-5-10-16/h2-7,9-12,15H,8,13-14H2,1H3,(H,25,26)/b19-15+. The largest absolute Gasteiger partial charge is 0.465 e. The Balaban J connectivity index is 1.72. The van der Waals surface area contributed by atoms with Crippen molar-refractivity contribution < 1.29 is 14.3 Å². The molecule has 1 aliphatic carbocycles. The van der Waals surface area contributed by atoms with Gasteiger partial charge in [-0.15, -0.1) is 11.3 Å². The number of thiophene rings is 1. The van der Waals surface area contributed by atoms with Gasteiger partial charge in [0, 0.05) is 10.5 Å². The first-order valence-corrected chi connectivity index (χ1v) is 10.4. The SMILES string of the molecule is COC(=O)c1c(NC(=O)/C(=C/c2ccccc2)c2ccccc2)sc2c1CCC2. The van der Waals surface area contributed by atoms with Crippen LogP contribution >= 0.6 is 11.3 Å². The molecular weight excluding hydrogens is 382 g/mol. The van der Waals surface area contributed by atoms with Gasteiger partial charge in [0.1, 0.15) is 5.00 Å². The van der Waals surface area contributed by atoms with Gasteiger partial charge in [0.05, 0.1) is 12.7 Å². The average Bonchev–Trinajstić information content (AvgIpc) is 3.33. The number of ether oxygens (including phenoxy) is 1. The minimum absolute atomic E-state index is 0.245. The summed E-state index contributed by atoms with van der Waals surface area (Å²) in [5.41, 5.74) is 3.82. The fourth-order valence-corrected chi connectivity index (χ4v) is 4.87. The Bertz CT molecular complexity index is 1070. The van der Waals surface area contributed by atoms with Crippen molar-refractivity contribution in [3.8, 4) is 0 Å². The molecule has 4 nitrogen and oxygen atoms in total. The molecule has 2 aromatic carbocycles. The van der Waals surface area contributed by atoms with Crippen molar-refractivity contribution in [1.29, 1.82) is 0 Å². The van der Waals surface area contributed by atoms with Crippen LogP contribution in [-0.2, 0) is 22.4 Å². The smallest absolute Gasteiger partial charge is 0.341 e. The van der Waals surface area contributed by atoms with Crippen LogP contribution in [0.1, 0.15) is 38.3 Å². The molecule has 0 fully saturated rings. The highest BCUT2D eigenvalue weighted by molar-refractivity contribution is 7.17. The molecule has 1 aromatic heterocycles. The van der Waals surface area contributed by atoms with Crippen molar-refractivity contribution in [2.24, 2.45) is 0 Å². The number of amides is 1. The number of nitrogens with one attached hydrogen (secondary N) is 1. The number of esters is 1. The van der Waals surface area contributed by atoms with Gasteiger partial charge in [-0.1, -0.05) is 60.7 Å². The molecule has 4 rings (SSSR count). The molecule has 29 heavy (non-hydrogen) atoms. The van der Waals surface area contributed by atoms with Gasteiger partial charge in [-0.25, -0.2) is 4.79 Å². The Morgan fingerprint density at radius 3 is 2.38 bits per heavy atom. The van der Waals surface area contributed by atoms with E-state index in [-0.39, 0.29) is 5.91 Å². The molecule has 0 aliphatic heterocycles. The Labute approximate surface area is 173 Å². The molecule has 1 heterocycles. The number of carbonyl (C=O) groups is 2. The third kappa shape index (κ3) is 4.00. The summed E-state index contributed by atoms with van der Waals surface area (Å²) in [6.07, 6.45) is 4.68. The Morgan fingerprint density at radius 1 is 1.00 bits per heavy atom. The first kappa shape index (κ1) is 19.2. The van der Waals surface area contributed by atoms with Gasteiger partial charge in [0.25, 0.3) is 5.91 Å². The predicted molar refractivity (Wildman–Crippen MR) is 117 cm³/mol. The molecule has 0 saturated heterocycles. The van der Waals surface area contributed by atoms with Gasteiger partial charge in [-0.3, -0.25) is 4.79 Å². The van der Waals surface area contributed by atoms with Crippen LogP contribution in [-0.4, -0.2) is 19.0 Å². The van der Waals surface area contributed by atoms with Gasteiger partial charge in [-0.2, -0.15) is 0 Å². The molecule has 1 N–H and O–H groups in total. The van der Waals surface area contributed by atoms with Crippen LogP contribution in [0, 0.1) is 0 Å². The van der Waals surface area contributed by atoms with E-state index in [0.717, 1.165) is 40.8 Å². The maximum Gasteiger partial charge on any atom is 0.341 e. The quantitative estimate of drug-likeness (QED) is 0.362. The molecular formula is C24H21NO3S. The molecule has 0 saturated carbocycles. The second-order valence-corrected chi connectivity index (χ2v) is 7.95. The zero-order valence-corrected chi connectivity index (χ0v) is 16.9. The van der Waals surface area contributed by atoms with Crippen molar-refractivity contribution >= 4 is 39.9 Å². The number of fused-ring (bicyclic) bond motifs is 1. The molecule has 1 amide bonds. The Kier molecular flexibility index (Phi) is 5.58. The van der Waals surface area contributed by atoms with Crippen molar-refractivity contribution in [3.63, 3.8) is 0 Å². The van der Waals surface area contributed by atoms with Crippen molar-refractivity contribution in [3.05, 3.63) is 87.8 Å². The molecule has 0 atom stereocenters. The van der Waals surface area contributed by atoms with E-state index in [1.54, 1.807) is 0 Å². The Morgan fingerprint density at radius 2 is 1.69 bits per heavy atom. The lowest BCUT2D eigenvalue weighted by Crippen LogP contribution is -2.16. The minimum atomic E-state index is -0.395. The predicted octanol–water partition coefficient (Wildman–Crippen LogP) is 5.20. The van der Waals surface area contributed by atoms with Crippen molar-refractivity contribution in [2.75, 3.05) is 12.4 Å². The van der Waals surface area contributed by atoms with Gasteiger partial charge < -0.3 is 10.1 Å². The normalized spacial score (nSPS) is 13.1. The molecule has 0 unspecified atom stereocenters. The number of carbonyl (C=O) groups excluding carboxylic acids is 2. The van der Waals surface area contributed by atoms with Crippen LogP contribution in [0.3, 0.4) is 0 Å². The monoisotopic (exact) mass is 403 g/mol. The summed E-state index contributed by atoms with van der Waals surface area (Å²) < 4.78 is 4.98. The minimum Gasteiger partial charge on any atom is -0.465 e. The highest BCUT2D eigenvalue weighted by Crippen LogP contribution is 2.40. The molecule has 3 aromatic rings. The lowest BCUT2D eigenvalue weighted by molar-refractivity contribution is -0.111. The summed E-state index contributed by atoms with van der Waals surface area (Å²) in [7, 11) is 1.37. The second kappa shape index (κ2) is 8.45. The van der Waals surface area contributed by atoms with E-state index in [1.807, 2.05) is 66.7 Å². The van der Waals surface area contributed by atoms with Crippen LogP contribution in [0.4, 0.5) is 5.00 Å². The molecule has 0 radical (unpaired) electrons. The first-order chi connectivity index (χ1) is 14.2. The van der Waals surface area contributed by atoms with E-state index in [1.165, 1.54) is 18.4 Å². The summed E-state index contributed by atoms with van der Waals surface area (Å²) in [4.78, 5) is 26.8. The van der Waals surface area contributed by atoms with Gasteiger partial charge in [0.2, 0.25) is 0 Å². The summed E-state index contributed by atoms with van der Waals surface area (Å²) in [5, 5.41) is 3.56. The van der Waals surface area contributed by atoms with E-state index in [4.69, 9.17) is 4.74 Å². The van der Waals surface area contributed by atoms with E-state index in [2.05, 4.69) is 5.32 Å². The number of hydrogen-bond donors (Lipinski definition) is 1. The molecule has 1 aliphatic rings. The number of hydrogen-bond acceptors (Lipinski definition) is 4. The van der Waals surface area contributed by atoms with Crippen LogP contribution in [0.25, 0.3) is 11.6 Å². The van der Waals surface area contributed by atoms with Gasteiger partial charge in [-0.05, 0) is 42.0 Å². The van der Waals surface area contributed by atoms with Crippen LogP contribution in [0.2, 0.25) is 0 Å². The number of rotatable bonds is 5. The zero-order chi connectivity index (χ0) is 20.2. The summed E-state index contributed by atoms with van der Waals surface area (Å²) in [6, 6.07) is 19.3. The number of methoxy groups -OCH3 is 1. The van der Waals surface area contributed by atoms with Crippen LogP contribution in [0.5, 0.6) is 0 Å². The number of anilines is 1. The lowest BCUT2D eigenvalue weighted by atomic mass is 10.0. The third-order valence-corrected chi connectivity index (χ3v) is 6.19. The summed E-state index contributed by atoms with van der Waals surface area (Å²) in [6.45, 7) is 0. The van der Waals surface area contributed by atoms with E-state index < -0.39 is 5.97 Å². The molecule has 146 valence electrons. The van der Waals surface area contributed by atoms with Crippen LogP contribution in [0.15, 0.2) is 60.7 Å². The number of benzene rings is 2. The molecule has 5 heteroatoms. The van der Waals surface area contributed by atoms with Crippen LogP contribution < -0.4 is 5.32 Å². The molecule has 0 spiro atoms. The fraction of sp³-hybridized carbons (Fsp3) is 0.167. The van der Waals surface area contributed by atoms with Crippen molar-refractivity contribution in [1.82, 2.24) is 0 Å². The fourth-order valence-electron chi connectivity index (χ4n) is 3.59. The summed E-state index contributed by atoms with van der Waals surface area (Å²) in [5.74, 6) is -0.641. The second-order valence-electron chi connectivity index (χ2n) is 6.84. The van der Waals surface area contributed by atoms with Gasteiger partial charge >= 0.3 is 5.97 Å². The highest BCUT2D eigenvalue weighted by Gasteiger charge is 2.28. The third-order valence-electron chi connectivity index (χ3n) is 4.98. The molecule has 0 bridgehead atoms. The lowest BCUT2D eigenvalue weighted by Gasteiger charge is -2.11. The number of aryl methyl sites for hydroxylation is 1. The topological polar surface area (TPSA) is 55.4 Å². The van der Waals surface area contributed by atoms with E-state index in [0.29, 0.717) is 16.1 Å². The van der Waals surface area contributed by atoms with Gasteiger partial charge in [0.15, 0.2) is 0 Å². The van der Waals surface area contributed by atoms with Crippen molar-refractivity contribution in [2.45, 2.75) is 19.3 Å². The summed E-state index contributed by atoms with van der Waals surface area (Å²) >= 11 is 1.48. The first-order valence-electron chi connectivity index (χ1n) is 9.53. The Hall–Kier alpha value is -3.18. The highest BCUT2D eigenvalue weighted by atomic mass is 32.1. The van der Waals surface area contributed by atoms with E-state index >= 15 is 0 Å². The average molecular weight is 404 g/mol. The zero-order valence-electron chi connectivity index (χ0n) is 16.1.